The Hall–Kier alpha value is -0.220. The van der Waals surface area contributed by atoms with Gasteiger partial charge in [0.2, 0.25) is 5.91 Å². The van der Waals surface area contributed by atoms with Gasteiger partial charge in [-0.2, -0.15) is 11.8 Å². The fourth-order valence-electron chi connectivity index (χ4n) is 4.28. The van der Waals surface area contributed by atoms with Crippen LogP contribution in [0, 0.1) is 5.92 Å². The Labute approximate surface area is 191 Å². The van der Waals surface area contributed by atoms with Gasteiger partial charge in [-0.15, -0.1) is 24.0 Å². The molecular weight excluding hydrogens is 487 g/mol. The summed E-state index contributed by atoms with van der Waals surface area (Å²) in [7, 11) is 3.56. The number of ether oxygens (including phenoxy) is 1. The van der Waals surface area contributed by atoms with Gasteiger partial charge >= 0.3 is 0 Å². The highest BCUT2D eigenvalue weighted by molar-refractivity contribution is 14.0. The fourth-order valence-corrected chi connectivity index (χ4v) is 5.66. The van der Waals surface area contributed by atoms with Gasteiger partial charge in [0.1, 0.15) is 6.54 Å². The summed E-state index contributed by atoms with van der Waals surface area (Å²) in [6.45, 7) is 1.95. The van der Waals surface area contributed by atoms with Crippen LogP contribution in [0.2, 0.25) is 0 Å². The van der Waals surface area contributed by atoms with Gasteiger partial charge in [-0.1, -0.05) is 19.3 Å². The number of amides is 1. The average molecular weight is 525 g/mol. The second kappa shape index (κ2) is 11.8. The molecule has 0 radical (unpaired) electrons. The molecule has 2 saturated heterocycles. The molecule has 3 rings (SSSR count). The van der Waals surface area contributed by atoms with E-state index in [0.29, 0.717) is 6.04 Å². The Morgan fingerprint density at radius 2 is 2.04 bits per heavy atom. The predicted molar refractivity (Wildman–Crippen MR) is 128 cm³/mol. The predicted octanol–water partition coefficient (Wildman–Crippen LogP) is 2.86. The number of hydrogen-bond donors (Lipinski definition) is 2. The maximum Gasteiger partial charge on any atom is 0.243 e. The highest BCUT2D eigenvalue weighted by atomic mass is 127. The van der Waals surface area contributed by atoms with Crippen LogP contribution in [0.25, 0.3) is 0 Å². The number of carbonyl (C=O) groups is 1. The molecule has 2 atom stereocenters. The summed E-state index contributed by atoms with van der Waals surface area (Å²) in [4.78, 5) is 18.2. The first kappa shape index (κ1) is 24.1. The SMILES string of the molecule is CN(C)C(=O)CN=C(NCC1CCCCC1)NC1CCOC2(CCSC2)C1.I. The topological polar surface area (TPSA) is 66.0 Å². The van der Waals surface area contributed by atoms with Crippen molar-refractivity contribution >= 4 is 47.6 Å². The van der Waals surface area contributed by atoms with E-state index in [2.05, 4.69) is 15.6 Å². The minimum atomic E-state index is 0. The Morgan fingerprint density at radius 1 is 1.25 bits per heavy atom. The maximum absolute atomic E-state index is 12.0. The molecule has 0 aromatic heterocycles. The number of rotatable bonds is 5. The van der Waals surface area contributed by atoms with E-state index < -0.39 is 0 Å². The molecule has 162 valence electrons. The quantitative estimate of drug-likeness (QED) is 0.329. The van der Waals surface area contributed by atoms with Gasteiger partial charge < -0.3 is 20.3 Å². The van der Waals surface area contributed by atoms with Gasteiger partial charge in [-0.3, -0.25) is 4.79 Å². The number of nitrogens with one attached hydrogen (secondary N) is 2. The Kier molecular flexibility index (Phi) is 10.2. The average Bonchev–Trinajstić information content (AvgIpc) is 3.11. The summed E-state index contributed by atoms with van der Waals surface area (Å²) in [5, 5.41) is 7.15. The normalized spacial score (nSPS) is 28.6. The summed E-state index contributed by atoms with van der Waals surface area (Å²) < 4.78 is 6.14. The minimum Gasteiger partial charge on any atom is -0.374 e. The molecule has 0 aromatic carbocycles. The highest BCUT2D eigenvalue weighted by Gasteiger charge is 2.40. The molecule has 8 heteroatoms. The van der Waals surface area contributed by atoms with E-state index in [-0.39, 0.29) is 42.0 Å². The molecule has 1 amide bonds. The molecule has 3 aliphatic rings. The van der Waals surface area contributed by atoms with Crippen LogP contribution >= 0.6 is 35.7 Å². The van der Waals surface area contributed by atoms with Crippen molar-refractivity contribution in [2.45, 2.75) is 63.0 Å². The zero-order valence-corrected chi connectivity index (χ0v) is 20.5. The second-order valence-corrected chi connectivity index (χ2v) is 9.61. The van der Waals surface area contributed by atoms with Gasteiger partial charge in [-0.25, -0.2) is 4.99 Å². The Bertz CT molecular complexity index is 520. The Balaban J connectivity index is 0.00000280. The van der Waals surface area contributed by atoms with Crippen LogP contribution in [0.3, 0.4) is 0 Å². The molecule has 2 N–H and O–H groups in total. The molecule has 0 aromatic rings. The largest absolute Gasteiger partial charge is 0.374 e. The van der Waals surface area contributed by atoms with E-state index in [0.717, 1.165) is 50.0 Å². The first-order valence-corrected chi connectivity index (χ1v) is 11.7. The molecule has 2 aliphatic heterocycles. The third-order valence-electron chi connectivity index (χ3n) is 6.06. The Morgan fingerprint density at radius 3 is 2.71 bits per heavy atom. The van der Waals surface area contributed by atoms with Crippen molar-refractivity contribution in [3.63, 3.8) is 0 Å². The van der Waals surface area contributed by atoms with Crippen molar-refractivity contribution in [1.82, 2.24) is 15.5 Å². The third-order valence-corrected chi connectivity index (χ3v) is 7.28. The highest BCUT2D eigenvalue weighted by Crippen LogP contribution is 2.38. The molecular formula is C20H37IN4O2S. The number of halogens is 1. The number of thioether (sulfide) groups is 1. The van der Waals surface area contributed by atoms with E-state index in [1.165, 1.54) is 37.9 Å². The zero-order valence-electron chi connectivity index (χ0n) is 17.4. The maximum atomic E-state index is 12.0. The first-order chi connectivity index (χ1) is 13.1. The minimum absolute atomic E-state index is 0. The molecule has 2 heterocycles. The lowest BCUT2D eigenvalue weighted by Gasteiger charge is -2.38. The molecule has 2 unspecified atom stereocenters. The standard InChI is InChI=1S/C20H36N4O2S.HI/c1-24(2)18(25)14-22-19(21-13-16-6-4-3-5-7-16)23-17-8-10-26-20(12-17)9-11-27-15-20;/h16-17H,3-15H2,1-2H3,(H2,21,22,23);1H. The van der Waals surface area contributed by atoms with Gasteiger partial charge in [0.15, 0.2) is 5.96 Å². The second-order valence-electron chi connectivity index (χ2n) is 8.51. The molecule has 1 aliphatic carbocycles. The van der Waals surface area contributed by atoms with Crippen LogP contribution in [-0.2, 0) is 9.53 Å². The van der Waals surface area contributed by atoms with Crippen LogP contribution in [0.4, 0.5) is 0 Å². The molecule has 6 nitrogen and oxygen atoms in total. The summed E-state index contributed by atoms with van der Waals surface area (Å²) in [6, 6.07) is 0.365. The van der Waals surface area contributed by atoms with Crippen LogP contribution in [0.5, 0.6) is 0 Å². The van der Waals surface area contributed by atoms with Crippen LogP contribution < -0.4 is 10.6 Å². The van der Waals surface area contributed by atoms with E-state index in [4.69, 9.17) is 4.74 Å². The fraction of sp³-hybridized carbons (Fsp3) is 0.900. The lowest BCUT2D eigenvalue weighted by Crippen LogP contribution is -2.52. The van der Waals surface area contributed by atoms with Crippen LogP contribution in [-0.4, -0.2) is 73.7 Å². The van der Waals surface area contributed by atoms with Crippen LogP contribution in [0.15, 0.2) is 4.99 Å². The number of carbonyl (C=O) groups excluding carboxylic acids is 1. The van der Waals surface area contributed by atoms with Gasteiger partial charge in [0.25, 0.3) is 0 Å². The van der Waals surface area contributed by atoms with Crippen molar-refractivity contribution in [3.8, 4) is 0 Å². The first-order valence-electron chi connectivity index (χ1n) is 10.5. The van der Waals surface area contributed by atoms with Crippen LogP contribution in [0.1, 0.15) is 51.4 Å². The lowest BCUT2D eigenvalue weighted by molar-refractivity contribution is -0.127. The summed E-state index contributed by atoms with van der Waals surface area (Å²) in [6.07, 6.45) is 9.83. The van der Waals surface area contributed by atoms with Crippen molar-refractivity contribution in [2.24, 2.45) is 10.9 Å². The third kappa shape index (κ3) is 7.23. The van der Waals surface area contributed by atoms with E-state index in [1.807, 2.05) is 11.8 Å². The van der Waals surface area contributed by atoms with Crippen molar-refractivity contribution in [1.29, 1.82) is 0 Å². The lowest BCUT2D eigenvalue weighted by atomic mass is 9.89. The molecule has 1 saturated carbocycles. The summed E-state index contributed by atoms with van der Waals surface area (Å²) >= 11 is 2.00. The number of nitrogens with zero attached hydrogens (tertiary/aromatic N) is 2. The monoisotopic (exact) mass is 524 g/mol. The van der Waals surface area contributed by atoms with Gasteiger partial charge in [0, 0.05) is 39.0 Å². The summed E-state index contributed by atoms with van der Waals surface area (Å²) in [5.74, 6) is 3.85. The van der Waals surface area contributed by atoms with E-state index in [9.17, 15) is 4.79 Å². The molecule has 3 fully saturated rings. The number of guanidine groups is 1. The number of aliphatic imine (C=N–C) groups is 1. The van der Waals surface area contributed by atoms with Crippen molar-refractivity contribution < 1.29 is 9.53 Å². The van der Waals surface area contributed by atoms with Crippen molar-refractivity contribution in [2.75, 3.05) is 45.3 Å². The van der Waals surface area contributed by atoms with Crippen molar-refractivity contribution in [3.05, 3.63) is 0 Å². The summed E-state index contributed by atoms with van der Waals surface area (Å²) in [5.41, 5.74) is 0.0501. The van der Waals surface area contributed by atoms with E-state index >= 15 is 0 Å². The molecule has 1 spiro atoms. The van der Waals surface area contributed by atoms with E-state index in [1.54, 1.807) is 19.0 Å². The zero-order chi connectivity index (χ0) is 19.1. The van der Waals surface area contributed by atoms with Gasteiger partial charge in [-0.05, 0) is 43.8 Å². The molecule has 28 heavy (non-hydrogen) atoms. The van der Waals surface area contributed by atoms with Gasteiger partial charge in [0.05, 0.1) is 5.60 Å². The number of likely N-dealkylation sites (N-methyl/N-ethyl adjacent to an activating group) is 1. The molecule has 0 bridgehead atoms. The smallest absolute Gasteiger partial charge is 0.243 e. The number of hydrogen-bond acceptors (Lipinski definition) is 4.